The Morgan fingerprint density at radius 3 is 2.76 bits per heavy atom. The minimum Gasteiger partial charge on any atom is -0.368 e. The molecular weight excluding hydrogens is 218 g/mol. The third-order valence-electron chi connectivity index (χ3n) is 3.18. The largest absolute Gasteiger partial charge is 0.368 e. The van der Waals surface area contributed by atoms with Crippen molar-refractivity contribution < 1.29 is 4.79 Å². The van der Waals surface area contributed by atoms with Crippen molar-refractivity contribution in [3.8, 4) is 0 Å². The van der Waals surface area contributed by atoms with Gasteiger partial charge in [0.05, 0.1) is 0 Å². The molecule has 2 atom stereocenters. The van der Waals surface area contributed by atoms with Crippen LogP contribution in [0.5, 0.6) is 0 Å². The third-order valence-corrected chi connectivity index (χ3v) is 3.18. The van der Waals surface area contributed by atoms with Crippen molar-refractivity contribution in [1.29, 1.82) is 0 Å². The monoisotopic (exact) mass is 235 g/mol. The van der Waals surface area contributed by atoms with Crippen molar-refractivity contribution in [2.45, 2.75) is 25.3 Å². The fourth-order valence-electron chi connectivity index (χ4n) is 2.11. The molecule has 92 valence electrons. The molecule has 0 aromatic carbocycles. The zero-order valence-corrected chi connectivity index (χ0v) is 9.60. The minimum atomic E-state index is -0.568. The Hall–Kier alpha value is -1.69. The molecule has 1 amide bonds. The SMILES string of the molecule is NC(=O)c1ccc(NCC2CCCC2N)nn1. The van der Waals surface area contributed by atoms with Gasteiger partial charge in [0.15, 0.2) is 5.69 Å². The molecule has 0 saturated heterocycles. The van der Waals surface area contributed by atoms with E-state index < -0.39 is 5.91 Å². The number of rotatable bonds is 4. The van der Waals surface area contributed by atoms with E-state index >= 15 is 0 Å². The molecule has 17 heavy (non-hydrogen) atoms. The molecule has 1 aromatic heterocycles. The molecule has 2 rings (SSSR count). The maximum atomic E-state index is 10.8. The summed E-state index contributed by atoms with van der Waals surface area (Å²) in [4.78, 5) is 10.8. The highest BCUT2D eigenvalue weighted by Crippen LogP contribution is 2.23. The molecule has 1 aliphatic carbocycles. The van der Waals surface area contributed by atoms with Crippen LogP contribution in [0.15, 0.2) is 12.1 Å². The third kappa shape index (κ3) is 2.91. The van der Waals surface area contributed by atoms with Crippen LogP contribution in [0.25, 0.3) is 0 Å². The van der Waals surface area contributed by atoms with E-state index in [0.717, 1.165) is 19.4 Å². The van der Waals surface area contributed by atoms with Gasteiger partial charge in [-0.3, -0.25) is 4.79 Å². The van der Waals surface area contributed by atoms with E-state index in [2.05, 4.69) is 15.5 Å². The van der Waals surface area contributed by atoms with Gasteiger partial charge in [-0.05, 0) is 30.9 Å². The Balaban J connectivity index is 1.88. The van der Waals surface area contributed by atoms with Gasteiger partial charge in [0, 0.05) is 12.6 Å². The molecule has 5 N–H and O–H groups in total. The van der Waals surface area contributed by atoms with Gasteiger partial charge in [0.1, 0.15) is 5.82 Å². The Morgan fingerprint density at radius 2 is 2.24 bits per heavy atom. The fraction of sp³-hybridized carbons (Fsp3) is 0.545. The van der Waals surface area contributed by atoms with Crippen molar-refractivity contribution in [3.05, 3.63) is 17.8 Å². The topological polar surface area (TPSA) is 107 Å². The molecule has 1 saturated carbocycles. The smallest absolute Gasteiger partial charge is 0.269 e. The highest BCUT2D eigenvalue weighted by atomic mass is 16.1. The zero-order chi connectivity index (χ0) is 12.3. The molecule has 2 unspecified atom stereocenters. The molecule has 6 heteroatoms. The molecule has 0 spiro atoms. The second-order valence-corrected chi connectivity index (χ2v) is 4.40. The summed E-state index contributed by atoms with van der Waals surface area (Å²) < 4.78 is 0. The van der Waals surface area contributed by atoms with Crippen LogP contribution in [0.3, 0.4) is 0 Å². The Kier molecular flexibility index (Phi) is 3.53. The summed E-state index contributed by atoms with van der Waals surface area (Å²) >= 11 is 0. The maximum absolute atomic E-state index is 10.8. The van der Waals surface area contributed by atoms with Crippen LogP contribution >= 0.6 is 0 Å². The number of nitrogens with two attached hydrogens (primary N) is 2. The molecule has 0 aliphatic heterocycles. The zero-order valence-electron chi connectivity index (χ0n) is 9.60. The van der Waals surface area contributed by atoms with Crippen LogP contribution in [-0.4, -0.2) is 28.7 Å². The van der Waals surface area contributed by atoms with Gasteiger partial charge < -0.3 is 16.8 Å². The number of aromatic nitrogens is 2. The highest BCUT2D eigenvalue weighted by molar-refractivity contribution is 5.90. The average molecular weight is 235 g/mol. The lowest BCUT2D eigenvalue weighted by atomic mass is 10.1. The first kappa shape index (κ1) is 11.8. The second-order valence-electron chi connectivity index (χ2n) is 4.40. The number of nitrogens with one attached hydrogen (secondary N) is 1. The normalized spacial score (nSPS) is 23.6. The molecule has 6 nitrogen and oxygen atoms in total. The lowest BCUT2D eigenvalue weighted by Gasteiger charge is -2.15. The van der Waals surface area contributed by atoms with Gasteiger partial charge in [0.25, 0.3) is 5.91 Å². The van der Waals surface area contributed by atoms with E-state index in [9.17, 15) is 4.79 Å². The minimum absolute atomic E-state index is 0.174. The molecular formula is C11H17N5O. The quantitative estimate of drug-likeness (QED) is 0.687. The van der Waals surface area contributed by atoms with Gasteiger partial charge in [-0.25, -0.2) is 0 Å². The van der Waals surface area contributed by atoms with Gasteiger partial charge in [-0.15, -0.1) is 10.2 Å². The average Bonchev–Trinajstić information content (AvgIpc) is 2.73. The molecule has 0 bridgehead atoms. The van der Waals surface area contributed by atoms with E-state index in [1.54, 1.807) is 12.1 Å². The van der Waals surface area contributed by atoms with Gasteiger partial charge in [-0.1, -0.05) is 6.42 Å². The number of amides is 1. The molecule has 1 aliphatic rings. The highest BCUT2D eigenvalue weighted by Gasteiger charge is 2.23. The molecule has 1 heterocycles. The van der Waals surface area contributed by atoms with Crippen LogP contribution in [0.4, 0.5) is 5.82 Å². The molecule has 0 radical (unpaired) electrons. The van der Waals surface area contributed by atoms with E-state index in [1.165, 1.54) is 6.42 Å². The number of anilines is 1. The predicted octanol–water partition coefficient (Wildman–Crippen LogP) is 0.115. The first-order valence-corrected chi connectivity index (χ1v) is 5.80. The van der Waals surface area contributed by atoms with Crippen molar-refractivity contribution in [3.63, 3.8) is 0 Å². The Morgan fingerprint density at radius 1 is 1.41 bits per heavy atom. The Bertz CT molecular complexity index is 391. The summed E-state index contributed by atoms with van der Waals surface area (Å²) in [5, 5.41) is 10.8. The summed E-state index contributed by atoms with van der Waals surface area (Å²) in [7, 11) is 0. The lowest BCUT2D eigenvalue weighted by molar-refractivity contribution is 0.0994. The maximum Gasteiger partial charge on any atom is 0.269 e. The van der Waals surface area contributed by atoms with Crippen molar-refractivity contribution in [2.24, 2.45) is 17.4 Å². The van der Waals surface area contributed by atoms with Gasteiger partial charge in [-0.2, -0.15) is 0 Å². The predicted molar refractivity (Wildman–Crippen MR) is 64.4 cm³/mol. The number of hydrogen-bond donors (Lipinski definition) is 3. The van der Waals surface area contributed by atoms with Crippen LogP contribution in [-0.2, 0) is 0 Å². The number of hydrogen-bond acceptors (Lipinski definition) is 5. The van der Waals surface area contributed by atoms with E-state index in [1.807, 2.05) is 0 Å². The number of carbonyl (C=O) groups excluding carboxylic acids is 1. The van der Waals surface area contributed by atoms with Crippen LogP contribution in [0, 0.1) is 5.92 Å². The van der Waals surface area contributed by atoms with Crippen LogP contribution in [0.2, 0.25) is 0 Å². The molecule has 1 fully saturated rings. The first-order chi connectivity index (χ1) is 8.16. The fourth-order valence-corrected chi connectivity index (χ4v) is 2.11. The van der Waals surface area contributed by atoms with Gasteiger partial charge >= 0.3 is 0 Å². The summed E-state index contributed by atoms with van der Waals surface area (Å²) in [5.41, 5.74) is 11.2. The summed E-state index contributed by atoms with van der Waals surface area (Å²) in [6, 6.07) is 3.54. The Labute approximate surface area is 99.8 Å². The van der Waals surface area contributed by atoms with E-state index in [0.29, 0.717) is 11.7 Å². The number of carbonyl (C=O) groups is 1. The summed E-state index contributed by atoms with van der Waals surface area (Å²) in [5.74, 6) is 0.573. The van der Waals surface area contributed by atoms with Crippen molar-refractivity contribution in [1.82, 2.24) is 10.2 Å². The van der Waals surface area contributed by atoms with Crippen molar-refractivity contribution in [2.75, 3.05) is 11.9 Å². The standard InChI is InChI=1S/C11H17N5O/c12-8-3-1-2-7(8)6-14-10-5-4-9(11(13)17)15-16-10/h4-5,7-8H,1-3,6,12H2,(H2,13,17)(H,14,16). The summed E-state index contributed by atoms with van der Waals surface area (Å²) in [6.07, 6.45) is 3.44. The van der Waals surface area contributed by atoms with E-state index in [-0.39, 0.29) is 11.7 Å². The molecule has 1 aromatic rings. The van der Waals surface area contributed by atoms with Crippen LogP contribution in [0.1, 0.15) is 29.8 Å². The first-order valence-electron chi connectivity index (χ1n) is 5.80. The second kappa shape index (κ2) is 5.09. The summed E-state index contributed by atoms with van der Waals surface area (Å²) in [6.45, 7) is 0.797. The van der Waals surface area contributed by atoms with Gasteiger partial charge in [0.2, 0.25) is 0 Å². The van der Waals surface area contributed by atoms with E-state index in [4.69, 9.17) is 11.5 Å². The lowest BCUT2D eigenvalue weighted by Crippen LogP contribution is -2.29. The van der Waals surface area contributed by atoms with Crippen molar-refractivity contribution >= 4 is 11.7 Å². The number of primary amides is 1. The van der Waals surface area contributed by atoms with Crippen LogP contribution < -0.4 is 16.8 Å². The number of nitrogens with zero attached hydrogens (tertiary/aromatic N) is 2.